The van der Waals surface area contributed by atoms with Gasteiger partial charge in [0.15, 0.2) is 5.82 Å². The molecule has 3 N–H and O–H groups in total. The van der Waals surface area contributed by atoms with Gasteiger partial charge in [-0.2, -0.15) is 10.1 Å². The number of benzene rings is 1. The summed E-state index contributed by atoms with van der Waals surface area (Å²) < 4.78 is 22.5. The van der Waals surface area contributed by atoms with Gasteiger partial charge in [0.2, 0.25) is 16.0 Å². The number of hydrogen-bond acceptors (Lipinski definition) is 8. The molecule has 140 valence electrons. The largest absolute Gasteiger partial charge is 0.353 e. The van der Waals surface area contributed by atoms with Crippen molar-refractivity contribution >= 4 is 21.8 Å². The lowest BCUT2D eigenvalue weighted by atomic mass is 10.1. The molecule has 3 rings (SSSR count). The molecule has 1 saturated heterocycles. The molecular weight excluding hydrogens is 354 g/mol. The Labute approximate surface area is 153 Å². The molecule has 1 aromatic carbocycles. The number of nitrogens with one attached hydrogen (secondary N) is 1. The molecule has 10 heteroatoms. The Hall–Kier alpha value is -2.30. The number of anilines is 2. The van der Waals surface area contributed by atoms with Gasteiger partial charge in [0.1, 0.15) is 0 Å². The first-order valence-electron chi connectivity index (χ1n) is 8.41. The minimum atomic E-state index is -3.65. The monoisotopic (exact) mass is 377 g/mol. The van der Waals surface area contributed by atoms with Crippen molar-refractivity contribution in [1.82, 2.24) is 20.1 Å². The van der Waals surface area contributed by atoms with Crippen molar-refractivity contribution in [2.75, 3.05) is 50.0 Å². The molecule has 26 heavy (non-hydrogen) atoms. The highest BCUT2D eigenvalue weighted by Crippen LogP contribution is 2.13. The van der Waals surface area contributed by atoms with Gasteiger partial charge >= 0.3 is 0 Å². The van der Waals surface area contributed by atoms with Crippen molar-refractivity contribution in [1.29, 1.82) is 0 Å². The molecule has 0 spiro atoms. The maximum Gasteiger partial charge on any atom is 0.244 e. The van der Waals surface area contributed by atoms with Gasteiger partial charge in [-0.15, -0.1) is 5.10 Å². The highest BCUT2D eigenvalue weighted by Gasteiger charge is 2.16. The third-order valence-corrected chi connectivity index (χ3v) is 5.25. The van der Waals surface area contributed by atoms with Crippen LogP contribution in [0.2, 0.25) is 0 Å². The topological polar surface area (TPSA) is 117 Å². The first-order valence-corrected chi connectivity index (χ1v) is 9.95. The lowest BCUT2D eigenvalue weighted by Crippen LogP contribution is -2.44. The van der Waals surface area contributed by atoms with Crippen molar-refractivity contribution in [3.63, 3.8) is 0 Å². The van der Waals surface area contributed by atoms with Crippen LogP contribution in [0.3, 0.4) is 0 Å². The maximum atomic E-state index is 11.3. The number of piperazine rings is 1. The second kappa shape index (κ2) is 7.94. The Morgan fingerprint density at radius 2 is 1.85 bits per heavy atom. The van der Waals surface area contributed by atoms with Crippen LogP contribution in [0.15, 0.2) is 35.4 Å². The summed E-state index contributed by atoms with van der Waals surface area (Å²) in [6, 6.07) is 6.52. The molecule has 2 heterocycles. The van der Waals surface area contributed by atoms with Gasteiger partial charge in [-0.25, -0.2) is 13.6 Å². The first kappa shape index (κ1) is 18.5. The van der Waals surface area contributed by atoms with E-state index >= 15 is 0 Å². The number of hydrogen-bond donors (Lipinski definition) is 2. The fourth-order valence-electron chi connectivity index (χ4n) is 2.72. The standard InChI is InChI=1S/C16H23N7O2S/c1-22-8-10-23(11-9-22)15-12-19-21-16(20-15)18-7-6-13-2-4-14(5-3-13)26(17,24)25/h2-5,12H,6-11H2,1H3,(H2,17,24,25)(H,18,20,21). The van der Waals surface area contributed by atoms with Crippen LogP contribution in [-0.2, 0) is 16.4 Å². The number of aromatic nitrogens is 3. The second-order valence-corrected chi connectivity index (χ2v) is 7.86. The maximum absolute atomic E-state index is 11.3. The summed E-state index contributed by atoms with van der Waals surface area (Å²) in [6.45, 7) is 4.46. The Morgan fingerprint density at radius 1 is 1.15 bits per heavy atom. The first-order chi connectivity index (χ1) is 12.4. The zero-order chi connectivity index (χ0) is 18.6. The molecule has 0 atom stereocenters. The fourth-order valence-corrected chi connectivity index (χ4v) is 3.24. The van der Waals surface area contributed by atoms with E-state index in [1.54, 1.807) is 18.3 Å². The summed E-state index contributed by atoms with van der Waals surface area (Å²) in [5, 5.41) is 16.3. The van der Waals surface area contributed by atoms with E-state index in [1.807, 2.05) is 0 Å². The highest BCUT2D eigenvalue weighted by molar-refractivity contribution is 7.89. The Bertz CT molecular complexity index is 834. The molecule has 0 radical (unpaired) electrons. The molecule has 1 aliphatic rings. The van der Waals surface area contributed by atoms with Gasteiger partial charge in [-0.1, -0.05) is 12.1 Å². The number of rotatable bonds is 6. The van der Waals surface area contributed by atoms with E-state index in [-0.39, 0.29) is 4.90 Å². The van der Waals surface area contributed by atoms with E-state index in [1.165, 1.54) is 12.1 Å². The molecular formula is C16H23N7O2S. The molecule has 0 bridgehead atoms. The van der Waals surface area contributed by atoms with Crippen molar-refractivity contribution in [3.8, 4) is 0 Å². The Kier molecular flexibility index (Phi) is 5.64. The summed E-state index contributed by atoms with van der Waals surface area (Å²) in [4.78, 5) is 9.12. The minimum absolute atomic E-state index is 0.113. The summed E-state index contributed by atoms with van der Waals surface area (Å²) in [7, 11) is -1.54. The Balaban J connectivity index is 1.54. The third-order valence-electron chi connectivity index (χ3n) is 4.32. The van der Waals surface area contributed by atoms with Crippen molar-refractivity contribution < 1.29 is 8.42 Å². The molecule has 1 aromatic heterocycles. The van der Waals surface area contributed by atoms with Gasteiger partial charge in [-0.05, 0) is 31.2 Å². The summed E-state index contributed by atoms with van der Waals surface area (Å²) in [6.07, 6.45) is 2.38. The number of sulfonamides is 1. The SMILES string of the molecule is CN1CCN(c2cnnc(NCCc3ccc(S(N)(=O)=O)cc3)n2)CC1. The molecule has 0 saturated carbocycles. The highest BCUT2D eigenvalue weighted by atomic mass is 32.2. The van der Waals surface area contributed by atoms with Gasteiger partial charge in [-0.3, -0.25) is 0 Å². The van der Waals surface area contributed by atoms with Crippen molar-refractivity contribution in [2.24, 2.45) is 5.14 Å². The molecule has 0 aliphatic carbocycles. The van der Waals surface area contributed by atoms with Gasteiger partial charge in [0, 0.05) is 32.7 Å². The van der Waals surface area contributed by atoms with Crippen LogP contribution in [0.4, 0.5) is 11.8 Å². The van der Waals surface area contributed by atoms with Crippen molar-refractivity contribution in [2.45, 2.75) is 11.3 Å². The molecule has 0 amide bonds. The molecule has 1 aliphatic heterocycles. The quantitative estimate of drug-likeness (QED) is 0.718. The number of nitrogens with zero attached hydrogens (tertiary/aromatic N) is 5. The fraction of sp³-hybridized carbons (Fsp3) is 0.438. The van der Waals surface area contributed by atoms with Crippen LogP contribution >= 0.6 is 0 Å². The van der Waals surface area contributed by atoms with Gasteiger partial charge in [0.05, 0.1) is 11.1 Å². The zero-order valence-corrected chi connectivity index (χ0v) is 15.5. The van der Waals surface area contributed by atoms with Crippen LogP contribution in [0.25, 0.3) is 0 Å². The average Bonchev–Trinajstić information content (AvgIpc) is 2.62. The predicted octanol–water partition coefficient (Wildman–Crippen LogP) is -0.0746. The van der Waals surface area contributed by atoms with Crippen LogP contribution in [0, 0.1) is 0 Å². The molecule has 0 unspecified atom stereocenters. The summed E-state index contributed by atoms with van der Waals surface area (Å²) in [5.74, 6) is 1.32. The van der Waals surface area contributed by atoms with Gasteiger partial charge < -0.3 is 15.1 Å². The summed E-state index contributed by atoms with van der Waals surface area (Å²) >= 11 is 0. The molecule has 2 aromatic rings. The van der Waals surface area contributed by atoms with Crippen LogP contribution < -0.4 is 15.4 Å². The van der Waals surface area contributed by atoms with E-state index in [9.17, 15) is 8.42 Å². The smallest absolute Gasteiger partial charge is 0.244 e. The minimum Gasteiger partial charge on any atom is -0.353 e. The number of nitrogens with two attached hydrogens (primary N) is 1. The van der Waals surface area contributed by atoms with Crippen molar-refractivity contribution in [3.05, 3.63) is 36.0 Å². The van der Waals surface area contributed by atoms with E-state index < -0.39 is 10.0 Å². The number of primary sulfonamides is 1. The lowest BCUT2D eigenvalue weighted by molar-refractivity contribution is 0.312. The van der Waals surface area contributed by atoms with E-state index in [4.69, 9.17) is 5.14 Å². The predicted molar refractivity (Wildman–Crippen MR) is 99.5 cm³/mol. The lowest BCUT2D eigenvalue weighted by Gasteiger charge is -2.32. The van der Waals surface area contributed by atoms with Crippen LogP contribution in [0.5, 0.6) is 0 Å². The number of likely N-dealkylation sites (N-methyl/N-ethyl adjacent to an activating group) is 1. The summed E-state index contributed by atoms with van der Waals surface area (Å²) in [5.41, 5.74) is 0.994. The van der Waals surface area contributed by atoms with E-state index in [0.717, 1.165) is 37.6 Å². The third kappa shape index (κ3) is 4.87. The average molecular weight is 377 g/mol. The van der Waals surface area contributed by atoms with E-state index in [0.29, 0.717) is 18.9 Å². The van der Waals surface area contributed by atoms with Gasteiger partial charge in [0.25, 0.3) is 0 Å². The molecule has 1 fully saturated rings. The molecule has 9 nitrogen and oxygen atoms in total. The van der Waals surface area contributed by atoms with Crippen LogP contribution in [0.1, 0.15) is 5.56 Å². The van der Waals surface area contributed by atoms with E-state index in [2.05, 4.69) is 37.3 Å². The second-order valence-electron chi connectivity index (χ2n) is 6.29. The Morgan fingerprint density at radius 3 is 2.50 bits per heavy atom. The van der Waals surface area contributed by atoms with Crippen LogP contribution in [-0.4, -0.2) is 68.3 Å². The zero-order valence-electron chi connectivity index (χ0n) is 14.7. The normalized spacial score (nSPS) is 15.8.